The zero-order chi connectivity index (χ0) is 40.5. The average Bonchev–Trinajstić information content (AvgIpc) is 3.19. The number of aryl methyl sites for hydroxylation is 3. The molecule has 0 saturated carbocycles. The maximum absolute atomic E-state index is 13.2. The summed E-state index contributed by atoms with van der Waals surface area (Å²) < 4.78 is 0. The minimum Gasteiger partial charge on any atom is -0.507 e. The van der Waals surface area contributed by atoms with Gasteiger partial charge in [0.15, 0.2) is 5.78 Å². The Morgan fingerprint density at radius 1 is 0.482 bits per heavy atom. The minimum atomic E-state index is 0.152. The van der Waals surface area contributed by atoms with Gasteiger partial charge < -0.3 is 15.0 Å². The van der Waals surface area contributed by atoms with Crippen LogP contribution in [0.3, 0.4) is 0 Å². The Balaban J connectivity index is 1.63. The third-order valence-electron chi connectivity index (χ3n) is 12.1. The highest BCUT2D eigenvalue weighted by atomic mass is 16.3. The van der Waals surface area contributed by atoms with E-state index in [2.05, 4.69) is 19.1 Å². The fourth-order valence-corrected chi connectivity index (χ4v) is 8.40. The van der Waals surface area contributed by atoms with Crippen LogP contribution in [0.1, 0.15) is 257 Å². The van der Waals surface area contributed by atoms with Crippen LogP contribution in [0.15, 0.2) is 24.3 Å². The molecule has 0 amide bonds. The molecule has 0 bridgehead atoms. The van der Waals surface area contributed by atoms with E-state index in [1.165, 1.54) is 179 Å². The van der Waals surface area contributed by atoms with Gasteiger partial charge in [-0.25, -0.2) is 0 Å². The van der Waals surface area contributed by atoms with Crippen LogP contribution in [-0.2, 0) is 17.6 Å². The van der Waals surface area contributed by atoms with Gasteiger partial charge in [0, 0.05) is 24.8 Å². The summed E-state index contributed by atoms with van der Waals surface area (Å²) in [6.07, 6.45) is 44.2. The van der Waals surface area contributed by atoms with E-state index < -0.39 is 0 Å². The van der Waals surface area contributed by atoms with Gasteiger partial charge in [0.25, 0.3) is 0 Å². The van der Waals surface area contributed by atoms with Crippen LogP contribution in [0.25, 0.3) is 0 Å². The van der Waals surface area contributed by atoms with Crippen molar-refractivity contribution < 1.29 is 19.8 Å². The second kappa shape index (κ2) is 33.4. The summed E-state index contributed by atoms with van der Waals surface area (Å²) in [5.74, 6) is 0.672. The standard InChI is InChI=1S/C52H86O4/c1-4-5-6-7-8-9-10-11-12-16-19-22-25-28-31-34-37-50(54)47-40-45(3)52(56)49(42-47)43-48-41-46(39-44(2)51(48)55)36-33-30-27-24-21-18-15-13-14-17-20-23-26-29-32-35-38-53/h38-42,55-56H,4-37,43H2,1-3H3. The molecule has 0 radical (unpaired) electrons. The Kier molecular flexibility index (Phi) is 29.5. The van der Waals surface area contributed by atoms with E-state index in [0.717, 1.165) is 67.1 Å². The van der Waals surface area contributed by atoms with Crippen molar-refractivity contribution in [2.24, 2.45) is 0 Å². The molecule has 2 aromatic carbocycles. The van der Waals surface area contributed by atoms with Crippen LogP contribution in [0.5, 0.6) is 11.5 Å². The minimum absolute atomic E-state index is 0.152. The maximum atomic E-state index is 13.2. The molecule has 2 N–H and O–H groups in total. The molecule has 4 heteroatoms. The number of Topliss-reactive ketones (excluding diaryl/α,β-unsaturated/α-hetero) is 1. The third kappa shape index (κ3) is 23.6. The topological polar surface area (TPSA) is 74.6 Å². The molecule has 0 spiro atoms. The smallest absolute Gasteiger partial charge is 0.162 e. The molecule has 0 aliphatic carbocycles. The van der Waals surface area contributed by atoms with Crippen molar-refractivity contribution >= 4 is 12.1 Å². The van der Waals surface area contributed by atoms with E-state index >= 15 is 0 Å². The summed E-state index contributed by atoms with van der Waals surface area (Å²) in [7, 11) is 0. The van der Waals surface area contributed by atoms with Gasteiger partial charge in [0.2, 0.25) is 0 Å². The monoisotopic (exact) mass is 775 g/mol. The number of hydrogen-bond acceptors (Lipinski definition) is 4. The summed E-state index contributed by atoms with van der Waals surface area (Å²) in [6, 6.07) is 7.91. The van der Waals surface area contributed by atoms with Crippen molar-refractivity contribution in [1.82, 2.24) is 0 Å². The number of ketones is 1. The number of aromatic hydroxyl groups is 2. The molecular weight excluding hydrogens is 689 g/mol. The lowest BCUT2D eigenvalue weighted by atomic mass is 9.93. The first-order valence-corrected chi connectivity index (χ1v) is 24.0. The van der Waals surface area contributed by atoms with Crippen molar-refractivity contribution in [3.8, 4) is 11.5 Å². The molecule has 0 fully saturated rings. The predicted molar refractivity (Wildman–Crippen MR) is 241 cm³/mol. The summed E-state index contributed by atoms with van der Waals surface area (Å²) in [5, 5.41) is 22.0. The number of benzene rings is 2. The maximum Gasteiger partial charge on any atom is 0.162 e. The second-order valence-corrected chi connectivity index (χ2v) is 17.4. The molecule has 2 aromatic rings. The number of phenols is 2. The number of hydrogen-bond donors (Lipinski definition) is 2. The van der Waals surface area contributed by atoms with E-state index in [1.807, 2.05) is 26.0 Å². The zero-order valence-corrected chi connectivity index (χ0v) is 36.8. The molecule has 2 rings (SSSR count). The fourth-order valence-electron chi connectivity index (χ4n) is 8.40. The highest BCUT2D eigenvalue weighted by Gasteiger charge is 2.16. The van der Waals surface area contributed by atoms with E-state index in [4.69, 9.17) is 0 Å². The van der Waals surface area contributed by atoms with Gasteiger partial charge in [0.05, 0.1) is 0 Å². The number of rotatable bonds is 38. The molecule has 0 atom stereocenters. The fraction of sp³-hybridized carbons (Fsp3) is 0.731. The highest BCUT2D eigenvalue weighted by Crippen LogP contribution is 2.32. The van der Waals surface area contributed by atoms with Crippen LogP contribution < -0.4 is 0 Å². The van der Waals surface area contributed by atoms with Crippen molar-refractivity contribution in [2.75, 3.05) is 0 Å². The van der Waals surface area contributed by atoms with Gasteiger partial charge in [-0.3, -0.25) is 4.79 Å². The molecule has 56 heavy (non-hydrogen) atoms. The molecule has 0 unspecified atom stereocenters. The van der Waals surface area contributed by atoms with Crippen LogP contribution in [0.4, 0.5) is 0 Å². The first-order chi connectivity index (χ1) is 27.4. The number of phenolic OH excluding ortho intramolecular Hbond substituents is 2. The normalized spacial score (nSPS) is 11.4. The molecular formula is C52H86O4. The molecule has 318 valence electrons. The van der Waals surface area contributed by atoms with Crippen LogP contribution in [0.2, 0.25) is 0 Å². The lowest BCUT2D eigenvalue weighted by molar-refractivity contribution is -0.107. The van der Waals surface area contributed by atoms with Gasteiger partial charge in [-0.2, -0.15) is 0 Å². The van der Waals surface area contributed by atoms with E-state index in [0.29, 0.717) is 24.2 Å². The van der Waals surface area contributed by atoms with Gasteiger partial charge in [-0.1, -0.05) is 199 Å². The van der Waals surface area contributed by atoms with Crippen LogP contribution >= 0.6 is 0 Å². The molecule has 0 saturated heterocycles. The molecule has 0 aliphatic heterocycles. The number of carbonyl (C=O) groups excluding carboxylic acids is 2. The zero-order valence-electron chi connectivity index (χ0n) is 36.8. The molecule has 0 heterocycles. The Hall–Kier alpha value is -2.62. The summed E-state index contributed by atoms with van der Waals surface area (Å²) in [4.78, 5) is 23.6. The van der Waals surface area contributed by atoms with E-state index in [-0.39, 0.29) is 11.5 Å². The first-order valence-electron chi connectivity index (χ1n) is 24.0. The van der Waals surface area contributed by atoms with Gasteiger partial charge in [-0.05, 0) is 79.5 Å². The highest BCUT2D eigenvalue weighted by molar-refractivity contribution is 5.96. The quantitative estimate of drug-likeness (QED) is 0.0405. The second-order valence-electron chi connectivity index (χ2n) is 17.4. The van der Waals surface area contributed by atoms with Crippen molar-refractivity contribution in [2.45, 2.75) is 245 Å². The van der Waals surface area contributed by atoms with Crippen molar-refractivity contribution in [3.05, 3.63) is 57.6 Å². The van der Waals surface area contributed by atoms with Crippen molar-refractivity contribution in [1.29, 1.82) is 0 Å². The number of unbranched alkanes of at least 4 members (excludes halogenated alkanes) is 30. The Morgan fingerprint density at radius 3 is 1.30 bits per heavy atom. The largest absolute Gasteiger partial charge is 0.507 e. The van der Waals surface area contributed by atoms with Gasteiger partial charge >= 0.3 is 0 Å². The lowest BCUT2D eigenvalue weighted by Crippen LogP contribution is -2.03. The van der Waals surface area contributed by atoms with Crippen LogP contribution in [-0.4, -0.2) is 22.3 Å². The van der Waals surface area contributed by atoms with Gasteiger partial charge in [-0.15, -0.1) is 0 Å². The average molecular weight is 775 g/mol. The Morgan fingerprint density at radius 2 is 0.857 bits per heavy atom. The summed E-state index contributed by atoms with van der Waals surface area (Å²) in [5.41, 5.74) is 5.06. The third-order valence-corrected chi connectivity index (χ3v) is 12.1. The SMILES string of the molecule is CCCCCCCCCCCCCCCCCCC(=O)c1cc(C)c(O)c(Cc2cc(CCCCCCCCCCCCCCCCCC=O)cc(C)c2O)c1. The van der Waals surface area contributed by atoms with Gasteiger partial charge in [0.1, 0.15) is 17.8 Å². The Labute approximate surface area is 345 Å². The molecule has 4 nitrogen and oxygen atoms in total. The van der Waals surface area contributed by atoms with Crippen LogP contribution in [0, 0.1) is 13.8 Å². The van der Waals surface area contributed by atoms with Crippen molar-refractivity contribution in [3.63, 3.8) is 0 Å². The number of aldehydes is 1. The summed E-state index contributed by atoms with van der Waals surface area (Å²) >= 11 is 0. The lowest BCUT2D eigenvalue weighted by Gasteiger charge is -2.14. The predicted octanol–water partition coefficient (Wildman–Crippen LogP) is 16.1. The number of carbonyl (C=O) groups is 2. The van der Waals surface area contributed by atoms with E-state index in [9.17, 15) is 19.8 Å². The van der Waals surface area contributed by atoms with E-state index in [1.54, 1.807) is 0 Å². The molecule has 0 aromatic heterocycles. The molecule has 0 aliphatic rings. The Bertz CT molecular complexity index is 1300. The summed E-state index contributed by atoms with van der Waals surface area (Å²) in [6.45, 7) is 6.11. The first kappa shape index (κ1) is 49.5.